The normalized spacial score (nSPS) is 18.0. The maximum Gasteiger partial charge on any atom is 0.329 e. The van der Waals surface area contributed by atoms with E-state index in [1.807, 2.05) is 0 Å². The highest BCUT2D eigenvalue weighted by atomic mass is 35.5. The molecule has 3 N–H and O–H groups in total. The highest BCUT2D eigenvalue weighted by molar-refractivity contribution is 6.18. The first-order chi connectivity index (χ1) is 8.69. The number of fused-ring (bicyclic) bond motifs is 1. The van der Waals surface area contributed by atoms with Gasteiger partial charge >= 0.3 is 5.97 Å². The lowest BCUT2D eigenvalue weighted by Crippen LogP contribution is -2.20. The van der Waals surface area contributed by atoms with E-state index in [0.29, 0.717) is 11.8 Å². The Balaban J connectivity index is 0.000000280. The molecule has 1 aromatic rings. The van der Waals surface area contributed by atoms with Gasteiger partial charge in [-0.2, -0.15) is 0 Å². The summed E-state index contributed by atoms with van der Waals surface area (Å²) in [6, 6.07) is 8.62. The predicted octanol–water partition coefficient (Wildman–Crippen LogP) is 1.22. The van der Waals surface area contributed by atoms with Crippen molar-refractivity contribution in [2.75, 3.05) is 25.6 Å². The van der Waals surface area contributed by atoms with Crippen LogP contribution >= 0.6 is 11.6 Å². The van der Waals surface area contributed by atoms with Gasteiger partial charge in [-0.25, -0.2) is 4.79 Å². The van der Waals surface area contributed by atoms with Gasteiger partial charge in [0.05, 0.1) is 0 Å². The SMILES string of the molecule is ClC[C@@H]1CNCCc2ccccc21.O=C(O)CO. The highest BCUT2D eigenvalue weighted by Gasteiger charge is 2.16. The molecule has 0 bridgehead atoms. The molecule has 0 radical (unpaired) electrons. The molecule has 5 heteroatoms. The van der Waals surface area contributed by atoms with Crippen LogP contribution in [-0.4, -0.2) is 41.8 Å². The van der Waals surface area contributed by atoms with Crippen LogP contribution in [0.2, 0.25) is 0 Å². The van der Waals surface area contributed by atoms with Crippen LogP contribution in [0.25, 0.3) is 0 Å². The monoisotopic (exact) mass is 271 g/mol. The molecule has 0 fully saturated rings. The fraction of sp³-hybridized carbons (Fsp3) is 0.462. The molecule has 1 aliphatic rings. The minimum atomic E-state index is -1.19. The fourth-order valence-electron chi connectivity index (χ4n) is 1.91. The summed E-state index contributed by atoms with van der Waals surface area (Å²) < 4.78 is 0. The van der Waals surface area contributed by atoms with Crippen LogP contribution < -0.4 is 5.32 Å². The quantitative estimate of drug-likeness (QED) is 0.708. The summed E-state index contributed by atoms with van der Waals surface area (Å²) in [6.07, 6.45) is 1.13. The van der Waals surface area contributed by atoms with E-state index in [2.05, 4.69) is 29.6 Å². The van der Waals surface area contributed by atoms with E-state index in [9.17, 15) is 0 Å². The number of aliphatic carboxylic acids is 1. The van der Waals surface area contributed by atoms with E-state index in [0.717, 1.165) is 19.5 Å². The Bertz CT molecular complexity index is 384. The molecule has 4 nitrogen and oxygen atoms in total. The third kappa shape index (κ3) is 4.64. The molecule has 18 heavy (non-hydrogen) atoms. The average molecular weight is 272 g/mol. The van der Waals surface area contributed by atoms with Gasteiger partial charge in [0.25, 0.3) is 0 Å². The molecular formula is C13H18ClNO3. The first-order valence-electron chi connectivity index (χ1n) is 5.86. The van der Waals surface area contributed by atoms with Crippen molar-refractivity contribution in [3.8, 4) is 0 Å². The Morgan fingerprint density at radius 1 is 1.44 bits per heavy atom. The lowest BCUT2D eigenvalue weighted by atomic mass is 9.95. The van der Waals surface area contributed by atoms with E-state index in [1.165, 1.54) is 11.1 Å². The lowest BCUT2D eigenvalue weighted by molar-refractivity contribution is -0.140. The molecule has 0 aliphatic carbocycles. The highest BCUT2D eigenvalue weighted by Crippen LogP contribution is 2.23. The van der Waals surface area contributed by atoms with Crippen molar-refractivity contribution in [1.82, 2.24) is 5.32 Å². The number of benzene rings is 1. The standard InChI is InChI=1S/C11H14ClN.C2H4O3/c12-7-10-8-13-6-5-9-3-1-2-4-11(9)10;3-1-2(4)5/h1-4,10,13H,5-8H2;3H,1H2,(H,4,5)/t10-;/m1./s1. The zero-order valence-corrected chi connectivity index (χ0v) is 10.9. The molecule has 0 spiro atoms. The number of hydrogen-bond donors (Lipinski definition) is 3. The largest absolute Gasteiger partial charge is 0.480 e. The fourth-order valence-corrected chi connectivity index (χ4v) is 2.18. The number of halogens is 1. The molecule has 0 aromatic heterocycles. The lowest BCUT2D eigenvalue weighted by Gasteiger charge is -2.13. The Morgan fingerprint density at radius 3 is 2.72 bits per heavy atom. The molecule has 0 saturated carbocycles. The maximum atomic E-state index is 9.12. The second kappa shape index (κ2) is 8.08. The summed E-state index contributed by atoms with van der Waals surface area (Å²) in [7, 11) is 0. The number of alkyl halides is 1. The van der Waals surface area contributed by atoms with Gasteiger partial charge in [-0.05, 0) is 24.1 Å². The van der Waals surface area contributed by atoms with E-state index >= 15 is 0 Å². The van der Waals surface area contributed by atoms with Gasteiger partial charge in [0.2, 0.25) is 0 Å². The molecule has 1 heterocycles. The van der Waals surface area contributed by atoms with Gasteiger partial charge in [0.15, 0.2) is 0 Å². The number of aliphatic hydroxyl groups excluding tert-OH is 1. The molecule has 100 valence electrons. The van der Waals surface area contributed by atoms with E-state index in [-0.39, 0.29) is 0 Å². The molecule has 1 aliphatic heterocycles. The van der Waals surface area contributed by atoms with Crippen molar-refractivity contribution >= 4 is 17.6 Å². The van der Waals surface area contributed by atoms with Crippen LogP contribution in [0.1, 0.15) is 17.0 Å². The Morgan fingerprint density at radius 2 is 2.11 bits per heavy atom. The molecule has 0 saturated heterocycles. The van der Waals surface area contributed by atoms with Crippen molar-refractivity contribution in [3.05, 3.63) is 35.4 Å². The predicted molar refractivity (Wildman–Crippen MR) is 71.2 cm³/mol. The second-order valence-corrected chi connectivity index (χ2v) is 4.36. The van der Waals surface area contributed by atoms with Crippen LogP contribution in [0.15, 0.2) is 24.3 Å². The Kier molecular flexibility index (Phi) is 6.72. The molecule has 0 unspecified atom stereocenters. The summed E-state index contributed by atoms with van der Waals surface area (Å²) in [5.74, 6) is 0.00895. The van der Waals surface area contributed by atoms with E-state index in [1.54, 1.807) is 0 Å². The number of aliphatic hydroxyl groups is 1. The van der Waals surface area contributed by atoms with Gasteiger partial charge in [-0.3, -0.25) is 0 Å². The second-order valence-electron chi connectivity index (χ2n) is 4.06. The summed E-state index contributed by atoms with van der Waals surface area (Å²) in [5, 5.41) is 18.4. The summed E-state index contributed by atoms with van der Waals surface area (Å²) in [4.78, 5) is 9.12. The number of carboxylic acids is 1. The smallest absolute Gasteiger partial charge is 0.329 e. The van der Waals surface area contributed by atoms with Gasteiger partial charge < -0.3 is 15.5 Å². The zero-order chi connectivity index (χ0) is 13.4. The Labute approximate surface area is 112 Å². The number of carbonyl (C=O) groups is 1. The minimum absolute atomic E-state index is 0.486. The first kappa shape index (κ1) is 15.0. The van der Waals surface area contributed by atoms with E-state index in [4.69, 9.17) is 26.6 Å². The van der Waals surface area contributed by atoms with Crippen LogP contribution in [-0.2, 0) is 11.2 Å². The van der Waals surface area contributed by atoms with Gasteiger partial charge in [0.1, 0.15) is 6.61 Å². The topological polar surface area (TPSA) is 69.6 Å². The van der Waals surface area contributed by atoms with Gasteiger partial charge in [-0.1, -0.05) is 24.3 Å². The first-order valence-corrected chi connectivity index (χ1v) is 6.39. The Hall–Kier alpha value is -1.10. The number of carboxylic acid groups (broad SMARTS) is 1. The zero-order valence-electron chi connectivity index (χ0n) is 10.1. The van der Waals surface area contributed by atoms with Crippen LogP contribution in [0.5, 0.6) is 0 Å². The molecule has 0 amide bonds. The number of nitrogens with one attached hydrogen (secondary N) is 1. The van der Waals surface area contributed by atoms with Crippen molar-refractivity contribution in [2.45, 2.75) is 12.3 Å². The van der Waals surface area contributed by atoms with Crippen molar-refractivity contribution in [2.24, 2.45) is 0 Å². The molecular weight excluding hydrogens is 254 g/mol. The van der Waals surface area contributed by atoms with Crippen LogP contribution in [0, 0.1) is 0 Å². The average Bonchev–Trinajstić information content (AvgIpc) is 2.61. The van der Waals surface area contributed by atoms with Crippen molar-refractivity contribution in [1.29, 1.82) is 0 Å². The molecule has 2 rings (SSSR count). The van der Waals surface area contributed by atoms with Crippen molar-refractivity contribution in [3.63, 3.8) is 0 Å². The third-order valence-electron chi connectivity index (χ3n) is 2.78. The third-order valence-corrected chi connectivity index (χ3v) is 3.15. The van der Waals surface area contributed by atoms with Crippen molar-refractivity contribution < 1.29 is 15.0 Å². The summed E-state index contributed by atoms with van der Waals surface area (Å²) >= 11 is 5.94. The molecule has 1 aromatic carbocycles. The van der Waals surface area contributed by atoms with Gasteiger partial charge in [-0.15, -0.1) is 11.6 Å². The van der Waals surface area contributed by atoms with Crippen LogP contribution in [0.3, 0.4) is 0 Å². The van der Waals surface area contributed by atoms with Crippen LogP contribution in [0.4, 0.5) is 0 Å². The number of rotatable bonds is 2. The minimum Gasteiger partial charge on any atom is -0.480 e. The summed E-state index contributed by atoms with van der Waals surface area (Å²) in [6.45, 7) is 1.31. The molecule has 1 atom stereocenters. The van der Waals surface area contributed by atoms with E-state index < -0.39 is 12.6 Å². The maximum absolute atomic E-state index is 9.12. The number of hydrogen-bond acceptors (Lipinski definition) is 3. The van der Waals surface area contributed by atoms with Gasteiger partial charge in [0, 0.05) is 18.3 Å². The summed E-state index contributed by atoms with van der Waals surface area (Å²) in [5.41, 5.74) is 2.89.